The van der Waals surface area contributed by atoms with Gasteiger partial charge in [-0.1, -0.05) is 30.3 Å². The highest BCUT2D eigenvalue weighted by Gasteiger charge is 2.18. The average Bonchev–Trinajstić information content (AvgIpc) is 3.05. The third-order valence-corrected chi connectivity index (χ3v) is 5.68. The minimum absolute atomic E-state index is 0. The maximum Gasteiger partial charge on any atom is 0.258 e. The predicted octanol–water partition coefficient (Wildman–Crippen LogP) is 3.98. The Bertz CT molecular complexity index is 1240. The van der Waals surface area contributed by atoms with E-state index in [-0.39, 0.29) is 18.0 Å². The summed E-state index contributed by atoms with van der Waals surface area (Å²) in [4.78, 5) is 12.7. The number of pyridine rings is 1. The van der Waals surface area contributed by atoms with Crippen molar-refractivity contribution in [3.05, 3.63) is 94.0 Å². The van der Waals surface area contributed by atoms with Gasteiger partial charge >= 0.3 is 0 Å². The molecule has 0 spiro atoms. The maximum absolute atomic E-state index is 12.7. The van der Waals surface area contributed by atoms with Crippen LogP contribution in [0.4, 0.5) is 0 Å². The molecule has 2 aromatic heterocycles. The third kappa shape index (κ3) is 3.62. The zero-order valence-electron chi connectivity index (χ0n) is 16.8. The number of hydrogen-bond acceptors (Lipinski definition) is 3. The quantitative estimate of drug-likeness (QED) is 0.542. The molecule has 1 aliphatic heterocycles. The van der Waals surface area contributed by atoms with Gasteiger partial charge < -0.3 is 14.6 Å². The summed E-state index contributed by atoms with van der Waals surface area (Å²) >= 11 is 0. The summed E-state index contributed by atoms with van der Waals surface area (Å²) in [5.41, 5.74) is 5.79. The van der Waals surface area contributed by atoms with Crippen molar-refractivity contribution in [1.82, 2.24) is 14.5 Å². The molecule has 0 aliphatic carbocycles. The van der Waals surface area contributed by atoms with Gasteiger partial charge in [0.2, 0.25) is 0 Å². The minimum atomic E-state index is -0.0959. The number of hydrogen-bond donors (Lipinski definition) is 1. The van der Waals surface area contributed by atoms with E-state index in [1.807, 2.05) is 42.5 Å². The van der Waals surface area contributed by atoms with Crippen LogP contribution in [0.15, 0.2) is 71.7 Å². The first-order chi connectivity index (χ1) is 14.2. The number of rotatable bonds is 4. The summed E-state index contributed by atoms with van der Waals surface area (Å²) in [6, 6.07) is 19.6. The Hall–Kier alpha value is -3.02. The second-order valence-corrected chi connectivity index (χ2v) is 7.46. The molecule has 4 aromatic rings. The van der Waals surface area contributed by atoms with Crippen molar-refractivity contribution in [1.29, 1.82) is 0 Å². The predicted molar refractivity (Wildman–Crippen MR) is 122 cm³/mol. The second kappa shape index (κ2) is 8.38. The SMILES string of the molecule is Cl.Cn1c2c(c3cc(-n4ccc(OCc5ccccc5)cc4=O)ccc31)CCNC2. The van der Waals surface area contributed by atoms with Crippen LogP contribution in [0.3, 0.4) is 0 Å². The molecule has 154 valence electrons. The molecule has 0 amide bonds. The molecule has 30 heavy (non-hydrogen) atoms. The molecule has 0 fully saturated rings. The molecule has 0 bridgehead atoms. The van der Waals surface area contributed by atoms with Crippen molar-refractivity contribution >= 4 is 23.3 Å². The van der Waals surface area contributed by atoms with Gasteiger partial charge in [-0.25, -0.2) is 0 Å². The lowest BCUT2D eigenvalue weighted by Crippen LogP contribution is -2.24. The Morgan fingerprint density at radius 2 is 1.90 bits per heavy atom. The van der Waals surface area contributed by atoms with E-state index in [0.717, 1.165) is 30.8 Å². The number of halogens is 1. The van der Waals surface area contributed by atoms with Gasteiger partial charge in [-0.2, -0.15) is 0 Å². The largest absolute Gasteiger partial charge is 0.489 e. The van der Waals surface area contributed by atoms with Crippen LogP contribution in [0, 0.1) is 0 Å². The van der Waals surface area contributed by atoms with Crippen molar-refractivity contribution in [3.8, 4) is 11.4 Å². The van der Waals surface area contributed by atoms with E-state index in [9.17, 15) is 4.79 Å². The van der Waals surface area contributed by atoms with Crippen molar-refractivity contribution < 1.29 is 4.74 Å². The Kier molecular flexibility index (Phi) is 5.66. The fourth-order valence-electron chi connectivity index (χ4n) is 4.14. The fraction of sp³-hybridized carbons (Fsp3) is 0.208. The van der Waals surface area contributed by atoms with Gasteiger partial charge in [0, 0.05) is 48.1 Å². The summed E-state index contributed by atoms with van der Waals surface area (Å²) in [7, 11) is 2.11. The second-order valence-electron chi connectivity index (χ2n) is 7.46. The van der Waals surface area contributed by atoms with E-state index in [1.54, 1.807) is 16.8 Å². The molecule has 0 saturated carbocycles. The van der Waals surface area contributed by atoms with E-state index in [2.05, 4.69) is 29.1 Å². The molecular formula is C24H24ClN3O2. The first-order valence-electron chi connectivity index (χ1n) is 9.91. The van der Waals surface area contributed by atoms with Crippen molar-refractivity contribution in [2.75, 3.05) is 6.54 Å². The Labute approximate surface area is 181 Å². The Balaban J connectivity index is 0.00000218. The van der Waals surface area contributed by atoms with Crippen molar-refractivity contribution in [2.45, 2.75) is 19.6 Å². The van der Waals surface area contributed by atoms with Crippen LogP contribution < -0.4 is 15.6 Å². The zero-order chi connectivity index (χ0) is 19.8. The van der Waals surface area contributed by atoms with Gasteiger partial charge in [0.1, 0.15) is 12.4 Å². The minimum Gasteiger partial charge on any atom is -0.489 e. The third-order valence-electron chi connectivity index (χ3n) is 5.68. The number of aromatic nitrogens is 2. The van der Waals surface area contributed by atoms with E-state index in [1.165, 1.54) is 22.2 Å². The molecule has 1 aliphatic rings. The number of nitrogens with one attached hydrogen (secondary N) is 1. The smallest absolute Gasteiger partial charge is 0.258 e. The van der Waals surface area contributed by atoms with E-state index in [0.29, 0.717) is 12.4 Å². The molecule has 5 rings (SSSR count). The molecular weight excluding hydrogens is 398 g/mol. The monoisotopic (exact) mass is 421 g/mol. The van der Waals surface area contributed by atoms with Crippen molar-refractivity contribution in [3.63, 3.8) is 0 Å². The summed E-state index contributed by atoms with van der Waals surface area (Å²) in [6.07, 6.45) is 2.80. The first kappa shape index (κ1) is 20.3. The highest BCUT2D eigenvalue weighted by atomic mass is 35.5. The normalized spacial score (nSPS) is 13.0. The highest BCUT2D eigenvalue weighted by molar-refractivity contribution is 5.87. The molecule has 1 N–H and O–H groups in total. The molecule has 0 saturated heterocycles. The lowest BCUT2D eigenvalue weighted by molar-refractivity contribution is 0.305. The number of aryl methyl sites for hydroxylation is 1. The van der Waals surface area contributed by atoms with Crippen LogP contribution >= 0.6 is 12.4 Å². The molecule has 2 aromatic carbocycles. The fourth-order valence-corrected chi connectivity index (χ4v) is 4.14. The van der Waals surface area contributed by atoms with Crippen LogP contribution in [-0.2, 0) is 26.6 Å². The number of nitrogens with zero attached hydrogens (tertiary/aromatic N) is 2. The van der Waals surface area contributed by atoms with Gasteiger partial charge in [-0.3, -0.25) is 9.36 Å². The lowest BCUT2D eigenvalue weighted by atomic mass is 10.0. The molecule has 0 atom stereocenters. The standard InChI is InChI=1S/C24H23N3O2.ClH/c1-26-22-8-7-18(13-21(22)20-9-11-25-15-23(20)26)27-12-10-19(14-24(27)28)29-16-17-5-3-2-4-6-17;/h2-8,10,12-14,25H,9,11,15-16H2,1H3;1H. The maximum atomic E-state index is 12.7. The van der Waals surface area contributed by atoms with Gasteiger partial charge in [-0.05, 0) is 48.4 Å². The van der Waals surface area contributed by atoms with E-state index in [4.69, 9.17) is 4.74 Å². The summed E-state index contributed by atoms with van der Waals surface area (Å²) in [5.74, 6) is 0.583. The van der Waals surface area contributed by atoms with Crippen LogP contribution in [0.2, 0.25) is 0 Å². The molecule has 6 heteroatoms. The topological polar surface area (TPSA) is 48.2 Å². The van der Waals surface area contributed by atoms with Crippen LogP contribution in [0.1, 0.15) is 16.8 Å². The van der Waals surface area contributed by atoms with Gasteiger partial charge in [0.15, 0.2) is 0 Å². The van der Waals surface area contributed by atoms with Crippen LogP contribution in [0.5, 0.6) is 5.75 Å². The Morgan fingerprint density at radius 3 is 2.70 bits per heavy atom. The number of fused-ring (bicyclic) bond motifs is 3. The van der Waals surface area contributed by atoms with E-state index >= 15 is 0 Å². The zero-order valence-corrected chi connectivity index (χ0v) is 17.6. The molecule has 0 radical (unpaired) electrons. The van der Waals surface area contributed by atoms with Gasteiger partial charge in [0.05, 0.1) is 0 Å². The first-order valence-corrected chi connectivity index (χ1v) is 9.91. The molecule has 5 nitrogen and oxygen atoms in total. The molecule has 3 heterocycles. The Morgan fingerprint density at radius 1 is 1.07 bits per heavy atom. The van der Waals surface area contributed by atoms with Crippen molar-refractivity contribution in [2.24, 2.45) is 7.05 Å². The molecule has 0 unspecified atom stereocenters. The average molecular weight is 422 g/mol. The highest BCUT2D eigenvalue weighted by Crippen LogP contribution is 2.29. The summed E-state index contributed by atoms with van der Waals surface area (Å²) in [6.45, 7) is 2.33. The van der Waals surface area contributed by atoms with E-state index < -0.39 is 0 Å². The summed E-state index contributed by atoms with van der Waals surface area (Å²) in [5, 5.41) is 4.67. The summed E-state index contributed by atoms with van der Waals surface area (Å²) < 4.78 is 9.72. The van der Waals surface area contributed by atoms with Crippen LogP contribution in [-0.4, -0.2) is 15.7 Å². The van der Waals surface area contributed by atoms with Crippen LogP contribution in [0.25, 0.3) is 16.6 Å². The number of benzene rings is 2. The van der Waals surface area contributed by atoms with Gasteiger partial charge in [-0.15, -0.1) is 12.4 Å². The van der Waals surface area contributed by atoms with Gasteiger partial charge in [0.25, 0.3) is 5.56 Å². The number of ether oxygens (including phenoxy) is 1. The lowest BCUT2D eigenvalue weighted by Gasteiger charge is -2.14.